The summed E-state index contributed by atoms with van der Waals surface area (Å²) < 4.78 is 3.16. The molecule has 2 aromatic rings. The van der Waals surface area contributed by atoms with Gasteiger partial charge < -0.3 is 14.8 Å². The number of halogens is 1. The Morgan fingerprint density at radius 2 is 2.30 bits per heavy atom. The number of nitrogens with one attached hydrogen (secondary N) is 1. The summed E-state index contributed by atoms with van der Waals surface area (Å²) >= 11 is 3.49. The summed E-state index contributed by atoms with van der Waals surface area (Å²) in [5, 5.41) is 13.2. The molecule has 1 fully saturated rings. The molecular formula is C15H20BrN3O. The first-order valence-electron chi connectivity index (χ1n) is 7.22. The molecule has 0 bridgehead atoms. The van der Waals surface area contributed by atoms with Crippen molar-refractivity contribution in [2.45, 2.75) is 38.3 Å². The molecule has 20 heavy (non-hydrogen) atoms. The normalized spacial score (nSPS) is 23.3. The van der Waals surface area contributed by atoms with Gasteiger partial charge >= 0.3 is 0 Å². The second kappa shape index (κ2) is 6.24. The van der Waals surface area contributed by atoms with E-state index in [2.05, 4.69) is 30.6 Å². The first kappa shape index (κ1) is 14.0. The second-order valence-electron chi connectivity index (χ2n) is 5.64. The van der Waals surface area contributed by atoms with Crippen molar-refractivity contribution in [3.05, 3.63) is 34.7 Å². The van der Waals surface area contributed by atoms with Crippen molar-refractivity contribution in [3.63, 3.8) is 0 Å². The molecule has 108 valence electrons. The average molecular weight is 338 g/mol. The van der Waals surface area contributed by atoms with Gasteiger partial charge in [-0.3, -0.25) is 0 Å². The summed E-state index contributed by atoms with van der Waals surface area (Å²) in [6.45, 7) is 1.78. The van der Waals surface area contributed by atoms with Crippen LogP contribution in [0.5, 0.6) is 0 Å². The molecule has 1 aliphatic rings. The lowest BCUT2D eigenvalue weighted by molar-refractivity contribution is 0.101. The van der Waals surface area contributed by atoms with Gasteiger partial charge in [-0.2, -0.15) is 0 Å². The molecule has 0 radical (unpaired) electrons. The number of hydrogen-bond donors (Lipinski definition) is 2. The Hall–Kier alpha value is -0.910. The predicted octanol–water partition coefficient (Wildman–Crippen LogP) is 2.74. The van der Waals surface area contributed by atoms with Crippen molar-refractivity contribution < 1.29 is 5.11 Å². The topological polar surface area (TPSA) is 49.6 Å². The highest BCUT2D eigenvalue weighted by atomic mass is 79.9. The smallest absolute Gasteiger partial charge is 0.136 e. The van der Waals surface area contributed by atoms with Gasteiger partial charge in [-0.05, 0) is 59.8 Å². The highest BCUT2D eigenvalue weighted by molar-refractivity contribution is 9.10. The summed E-state index contributed by atoms with van der Waals surface area (Å²) in [6.07, 6.45) is 8.15. The number of aliphatic hydroxyl groups excluding tert-OH is 1. The third kappa shape index (κ3) is 3.22. The Morgan fingerprint density at radius 3 is 3.15 bits per heavy atom. The molecule has 2 N–H and O–H groups in total. The molecule has 1 saturated carbocycles. The van der Waals surface area contributed by atoms with Gasteiger partial charge in [0.1, 0.15) is 5.65 Å². The molecule has 3 rings (SSSR count). The van der Waals surface area contributed by atoms with Crippen molar-refractivity contribution in [1.29, 1.82) is 0 Å². The van der Waals surface area contributed by atoms with E-state index < -0.39 is 0 Å². The van der Waals surface area contributed by atoms with Gasteiger partial charge in [-0.25, -0.2) is 4.98 Å². The minimum Gasteiger partial charge on any atom is -0.393 e. The van der Waals surface area contributed by atoms with Gasteiger partial charge in [0.25, 0.3) is 0 Å². The first-order chi connectivity index (χ1) is 9.72. The van der Waals surface area contributed by atoms with Gasteiger partial charge in [-0.1, -0.05) is 6.42 Å². The molecule has 2 atom stereocenters. The van der Waals surface area contributed by atoms with E-state index >= 15 is 0 Å². The maximum atomic E-state index is 9.69. The minimum absolute atomic E-state index is 0.0951. The number of aromatic nitrogens is 2. The van der Waals surface area contributed by atoms with Gasteiger partial charge in [0, 0.05) is 17.2 Å². The van der Waals surface area contributed by atoms with E-state index in [1.165, 1.54) is 6.42 Å². The molecule has 1 aliphatic carbocycles. The summed E-state index contributed by atoms with van der Waals surface area (Å²) in [4.78, 5) is 4.40. The number of pyridine rings is 1. The van der Waals surface area contributed by atoms with Crippen LogP contribution in [0.15, 0.2) is 29.0 Å². The fraction of sp³-hybridized carbons (Fsp3) is 0.533. The van der Waals surface area contributed by atoms with Crippen LogP contribution in [0.1, 0.15) is 31.4 Å². The quantitative estimate of drug-likeness (QED) is 0.901. The maximum absolute atomic E-state index is 9.69. The van der Waals surface area contributed by atoms with Gasteiger partial charge in [0.2, 0.25) is 0 Å². The molecule has 2 heterocycles. The summed E-state index contributed by atoms with van der Waals surface area (Å²) in [5.41, 5.74) is 2.13. The number of fused-ring (bicyclic) bond motifs is 1. The molecule has 2 unspecified atom stereocenters. The Kier molecular flexibility index (Phi) is 4.38. The lowest BCUT2D eigenvalue weighted by Crippen LogP contribution is -2.29. The zero-order chi connectivity index (χ0) is 13.9. The van der Waals surface area contributed by atoms with E-state index in [9.17, 15) is 5.11 Å². The summed E-state index contributed by atoms with van der Waals surface area (Å²) in [5.74, 6) is 0.602. The Bertz CT molecular complexity index is 584. The van der Waals surface area contributed by atoms with Crippen LogP contribution in [0.3, 0.4) is 0 Å². The minimum atomic E-state index is -0.0951. The fourth-order valence-corrected chi connectivity index (χ4v) is 3.33. The van der Waals surface area contributed by atoms with E-state index in [1.54, 1.807) is 0 Å². The third-order valence-corrected chi connectivity index (χ3v) is 4.51. The largest absolute Gasteiger partial charge is 0.393 e. The number of imidazole rings is 1. The van der Waals surface area contributed by atoms with Crippen LogP contribution >= 0.6 is 15.9 Å². The van der Waals surface area contributed by atoms with Gasteiger partial charge in [-0.15, -0.1) is 0 Å². The number of aliphatic hydroxyl groups is 1. The van der Waals surface area contributed by atoms with Crippen molar-refractivity contribution in [2.24, 2.45) is 5.92 Å². The standard InChI is InChI=1S/C15H20BrN3O/c16-12-4-5-15-18-9-13(19(15)10-12)8-17-7-11-2-1-3-14(20)6-11/h4-5,9-11,14,17,20H,1-3,6-8H2. The monoisotopic (exact) mass is 337 g/mol. The Balaban J connectivity index is 1.58. The molecule has 2 aromatic heterocycles. The van der Waals surface area contributed by atoms with Crippen LogP contribution in [0.25, 0.3) is 5.65 Å². The van der Waals surface area contributed by atoms with E-state index in [-0.39, 0.29) is 6.10 Å². The molecule has 0 spiro atoms. The van der Waals surface area contributed by atoms with Crippen molar-refractivity contribution in [1.82, 2.24) is 14.7 Å². The Morgan fingerprint density at radius 1 is 1.40 bits per heavy atom. The summed E-state index contributed by atoms with van der Waals surface area (Å²) in [7, 11) is 0. The molecule has 0 saturated heterocycles. The van der Waals surface area contributed by atoms with Crippen LogP contribution < -0.4 is 5.32 Å². The average Bonchev–Trinajstić information content (AvgIpc) is 2.82. The van der Waals surface area contributed by atoms with Gasteiger partial charge in [0.15, 0.2) is 0 Å². The highest BCUT2D eigenvalue weighted by Gasteiger charge is 2.19. The van der Waals surface area contributed by atoms with E-state index in [0.717, 1.165) is 48.2 Å². The predicted molar refractivity (Wildman–Crippen MR) is 82.6 cm³/mol. The number of hydrogen-bond acceptors (Lipinski definition) is 3. The highest BCUT2D eigenvalue weighted by Crippen LogP contribution is 2.23. The second-order valence-corrected chi connectivity index (χ2v) is 6.56. The molecular weight excluding hydrogens is 318 g/mol. The lowest BCUT2D eigenvalue weighted by Gasteiger charge is -2.25. The molecule has 4 nitrogen and oxygen atoms in total. The van der Waals surface area contributed by atoms with Gasteiger partial charge in [0.05, 0.1) is 18.0 Å². The van der Waals surface area contributed by atoms with Crippen LogP contribution in [-0.4, -0.2) is 27.1 Å². The van der Waals surface area contributed by atoms with E-state index in [0.29, 0.717) is 5.92 Å². The molecule has 5 heteroatoms. The molecule has 0 amide bonds. The maximum Gasteiger partial charge on any atom is 0.136 e. The zero-order valence-electron chi connectivity index (χ0n) is 11.4. The van der Waals surface area contributed by atoms with Crippen LogP contribution in [-0.2, 0) is 6.54 Å². The molecule has 0 aromatic carbocycles. The molecule has 0 aliphatic heterocycles. The van der Waals surface area contributed by atoms with Crippen molar-refractivity contribution in [2.75, 3.05) is 6.54 Å². The first-order valence-corrected chi connectivity index (χ1v) is 8.02. The van der Waals surface area contributed by atoms with Crippen molar-refractivity contribution in [3.8, 4) is 0 Å². The van der Waals surface area contributed by atoms with Crippen LogP contribution in [0, 0.1) is 5.92 Å². The fourth-order valence-electron chi connectivity index (χ4n) is 2.99. The third-order valence-electron chi connectivity index (χ3n) is 4.04. The van der Waals surface area contributed by atoms with Crippen molar-refractivity contribution >= 4 is 21.6 Å². The van der Waals surface area contributed by atoms with Crippen LogP contribution in [0.4, 0.5) is 0 Å². The van der Waals surface area contributed by atoms with E-state index in [1.807, 2.05) is 24.5 Å². The summed E-state index contributed by atoms with van der Waals surface area (Å²) in [6, 6.07) is 4.01. The van der Waals surface area contributed by atoms with E-state index in [4.69, 9.17) is 0 Å². The SMILES string of the molecule is OC1CCCC(CNCc2cnc3ccc(Br)cn23)C1. The van der Waals surface area contributed by atoms with Crippen LogP contribution in [0.2, 0.25) is 0 Å². The lowest BCUT2D eigenvalue weighted by atomic mass is 9.87. The number of rotatable bonds is 4. The zero-order valence-corrected chi connectivity index (χ0v) is 13.0. The Labute approximate surface area is 127 Å². The number of nitrogens with zero attached hydrogens (tertiary/aromatic N) is 2.